The molecule has 92 heavy (non-hydrogen) atoms. The molecule has 14 rings (SSSR count). The first-order chi connectivity index (χ1) is 39.7. The molecule has 14 saturated carbocycles. The van der Waals surface area contributed by atoms with Gasteiger partial charge in [-0.25, -0.2) is 0 Å². The van der Waals surface area contributed by atoms with Crippen LogP contribution in [0.4, 0.5) is 0 Å². The van der Waals surface area contributed by atoms with Crippen LogP contribution in [0.2, 0.25) is 0 Å². The van der Waals surface area contributed by atoms with Gasteiger partial charge in [-0.1, -0.05) is 87.1 Å². The summed E-state index contributed by atoms with van der Waals surface area (Å²) in [5.74, 6) is 15.5. The number of esters is 4. The Labute approximate surface area is 567 Å². The Morgan fingerprint density at radius 1 is 0.337 bits per heavy atom. The number of rotatable bonds is 20. The fourth-order valence-electron chi connectivity index (χ4n) is 20.5. The van der Waals surface area contributed by atoms with Crippen molar-refractivity contribution in [2.24, 2.45) is 128 Å². The molecule has 14 bridgehead atoms. The molecule has 0 aromatic heterocycles. The Hall–Kier alpha value is -2.28. The average Bonchev–Trinajstić information content (AvgIpc) is 1.56. The number of carbonyl (C=O) groups is 4. The lowest BCUT2D eigenvalue weighted by atomic mass is 9.55. The van der Waals surface area contributed by atoms with Gasteiger partial charge >= 0.3 is 23.9 Å². The minimum absolute atomic E-state index is 0. The molecule has 20 unspecified atom stereocenters. The van der Waals surface area contributed by atoms with Crippen LogP contribution in [-0.2, 0) is 57.1 Å². The van der Waals surface area contributed by atoms with E-state index in [1.54, 1.807) is 0 Å². The molecule has 0 aromatic carbocycles. The van der Waals surface area contributed by atoms with Gasteiger partial charge in [0.25, 0.3) is 0 Å². The number of fused-ring (bicyclic) bond motifs is 20. The predicted molar refractivity (Wildman–Crippen MR) is 378 cm³/mol. The van der Waals surface area contributed by atoms with Gasteiger partial charge in [0.1, 0.15) is 0 Å². The van der Waals surface area contributed by atoms with E-state index in [2.05, 4.69) is 0 Å². The van der Waals surface area contributed by atoms with Gasteiger partial charge in [-0.15, -0.1) is 0 Å². The molecule has 20 atom stereocenters. The highest BCUT2D eigenvalue weighted by molar-refractivity contribution is 5.77. The van der Waals surface area contributed by atoms with Crippen molar-refractivity contribution in [1.29, 1.82) is 0 Å². The van der Waals surface area contributed by atoms with E-state index >= 15 is 0 Å². The zero-order valence-corrected chi connectivity index (χ0v) is 55.3. The highest BCUT2D eigenvalue weighted by Gasteiger charge is 2.64. The minimum atomic E-state index is -0.415. The van der Waals surface area contributed by atoms with Gasteiger partial charge in [-0.3, -0.25) is 19.2 Å². The molecule has 0 aliphatic heterocycles. The molecule has 0 spiro atoms. The Balaban J connectivity index is 0.000000408. The first-order valence-electron chi connectivity index (χ1n) is 35.1. The molecule has 0 saturated heterocycles. The van der Waals surface area contributed by atoms with Gasteiger partial charge in [0.15, 0.2) is 25.7 Å². The molecule has 12 heteroatoms. The largest absolute Gasteiger partial charge is 0.438 e. The van der Waals surface area contributed by atoms with Crippen molar-refractivity contribution in [2.45, 2.75) is 354 Å². The molecule has 0 heterocycles. The standard InChI is InChI=1S/C20H32O3.C19H30O3.C18H30O3.C15H26O3.8CH4/c1-5-20(3,4)19(21)23-11(2)22-16-10-14-9-15(16)18-13-7-6-12(8-13)17(14)18;1-4-19(2,3)18(20)22-10-21-15-9-13-8-14(15)17-12-6-5-11(7-12)16(13)17;1-5-18(3,4)17(19)21-11(2)20-16-14-7-12-6-13(9-14)10-15(16)8-12;1-5-15(3,4)14(16)18-10(2)17-13-9-11-6-7-12(13)8-11;;;;;;;;/h11-18H,5-10H2,1-4H3;11-17H,4-10H2,1-3H3;11-16H,5-10H2,1-4H3;10-13H,5-9H2,1-4H3;8*1H4. The lowest BCUT2D eigenvalue weighted by Gasteiger charge is -2.54. The zero-order chi connectivity index (χ0) is 60.4. The molecular formula is C80H150O12. The summed E-state index contributed by atoms with van der Waals surface area (Å²) in [5, 5.41) is 0. The van der Waals surface area contributed by atoms with Crippen molar-refractivity contribution in [2.75, 3.05) is 6.79 Å². The minimum Gasteiger partial charge on any atom is -0.438 e. The lowest BCUT2D eigenvalue weighted by molar-refractivity contribution is -0.224. The summed E-state index contributed by atoms with van der Waals surface area (Å²) in [6.45, 7) is 29.3. The van der Waals surface area contributed by atoms with Crippen molar-refractivity contribution >= 4 is 23.9 Å². The fourth-order valence-corrected chi connectivity index (χ4v) is 20.5. The molecule has 0 N–H and O–H groups in total. The quantitative estimate of drug-likeness (QED) is 0.0496. The summed E-state index contributed by atoms with van der Waals surface area (Å²) in [6, 6.07) is 0. The third-order valence-corrected chi connectivity index (χ3v) is 26.3. The Morgan fingerprint density at radius 2 is 0.685 bits per heavy atom. The SMILES string of the molecule is C.C.C.C.C.C.C.C.CCC(C)(C)C(=O)OC(C)OC1C2CC3CC(C2)CC1C3.CCC(C)(C)C(=O)OC(C)OC1CC2CC1C1C3CCC(C3)C21.CCC(C)(C)C(=O)OC(C)OC1CC2CCC1C2.CCC(C)(C)C(=O)OCOC1CC2CC1C1C3CCC(C3)C21. The van der Waals surface area contributed by atoms with E-state index in [1.807, 2.05) is 104 Å². The van der Waals surface area contributed by atoms with Crippen molar-refractivity contribution in [3.8, 4) is 0 Å². The number of hydrogen-bond acceptors (Lipinski definition) is 12. The van der Waals surface area contributed by atoms with Crippen LogP contribution >= 0.6 is 0 Å². The van der Waals surface area contributed by atoms with Crippen LogP contribution in [0.25, 0.3) is 0 Å². The molecule has 0 radical (unpaired) electrons. The van der Waals surface area contributed by atoms with Gasteiger partial charge in [0.05, 0.1) is 46.1 Å². The summed E-state index contributed by atoms with van der Waals surface area (Å²) in [5.41, 5.74) is -1.64. The summed E-state index contributed by atoms with van der Waals surface area (Å²) in [4.78, 5) is 48.3. The maximum Gasteiger partial charge on any atom is 0.313 e. The Bertz CT molecular complexity index is 2240. The Morgan fingerprint density at radius 3 is 1.08 bits per heavy atom. The summed E-state index contributed by atoms with van der Waals surface area (Å²) in [6.07, 6.45) is 29.2. The first kappa shape index (κ1) is 85.8. The molecule has 12 nitrogen and oxygen atoms in total. The highest BCUT2D eigenvalue weighted by Crippen LogP contribution is 2.69. The highest BCUT2D eigenvalue weighted by atomic mass is 16.7. The van der Waals surface area contributed by atoms with Crippen LogP contribution < -0.4 is 0 Å². The summed E-state index contributed by atoms with van der Waals surface area (Å²) in [7, 11) is 0. The van der Waals surface area contributed by atoms with Gasteiger partial charge < -0.3 is 37.9 Å². The van der Waals surface area contributed by atoms with Gasteiger partial charge in [0, 0.05) is 0 Å². The van der Waals surface area contributed by atoms with E-state index in [9.17, 15) is 19.2 Å². The molecule has 0 aromatic rings. The van der Waals surface area contributed by atoms with Gasteiger partial charge in [-0.05, 0) is 330 Å². The monoisotopic (exact) mass is 1300 g/mol. The van der Waals surface area contributed by atoms with Crippen LogP contribution in [0, 0.1) is 128 Å². The van der Waals surface area contributed by atoms with Crippen molar-refractivity contribution in [3.63, 3.8) is 0 Å². The number of carbonyl (C=O) groups excluding carboxylic acids is 4. The van der Waals surface area contributed by atoms with E-state index < -0.39 is 40.5 Å². The lowest BCUT2D eigenvalue weighted by Crippen LogP contribution is -2.50. The van der Waals surface area contributed by atoms with E-state index in [0.29, 0.717) is 42.2 Å². The van der Waals surface area contributed by atoms with E-state index in [-0.39, 0.29) is 90.1 Å². The van der Waals surface area contributed by atoms with Crippen LogP contribution in [0.5, 0.6) is 0 Å². The maximum absolute atomic E-state index is 12.2. The van der Waals surface area contributed by atoms with Crippen molar-refractivity contribution in [3.05, 3.63) is 0 Å². The summed E-state index contributed by atoms with van der Waals surface area (Å²) >= 11 is 0. The third-order valence-electron chi connectivity index (χ3n) is 26.3. The van der Waals surface area contributed by atoms with Crippen LogP contribution in [0.15, 0.2) is 0 Å². The van der Waals surface area contributed by atoms with Crippen molar-refractivity contribution < 1.29 is 57.1 Å². The van der Waals surface area contributed by atoms with Crippen LogP contribution in [-0.4, -0.2) is 74.0 Å². The van der Waals surface area contributed by atoms with Crippen LogP contribution in [0.3, 0.4) is 0 Å². The first-order valence-corrected chi connectivity index (χ1v) is 35.1. The smallest absolute Gasteiger partial charge is 0.313 e. The fraction of sp³-hybridized carbons (Fsp3) is 0.950. The van der Waals surface area contributed by atoms with Gasteiger partial charge in [-0.2, -0.15) is 0 Å². The molecule has 14 aliphatic carbocycles. The Kier molecular flexibility index (Phi) is 32.2. The molecular weight excluding hydrogens is 1150 g/mol. The molecule has 14 aliphatic rings. The second-order valence-corrected chi connectivity index (χ2v) is 32.9. The summed E-state index contributed by atoms with van der Waals surface area (Å²) < 4.78 is 46.3. The number of ether oxygens (including phenoxy) is 8. The van der Waals surface area contributed by atoms with E-state index in [4.69, 9.17) is 37.9 Å². The molecule has 542 valence electrons. The normalized spacial score (nSPS) is 37.5. The molecule has 0 amide bonds. The second-order valence-electron chi connectivity index (χ2n) is 32.9. The predicted octanol–water partition coefficient (Wildman–Crippen LogP) is 21.2. The third kappa shape index (κ3) is 18.1. The van der Waals surface area contributed by atoms with E-state index in [0.717, 1.165) is 121 Å². The second kappa shape index (κ2) is 34.5. The van der Waals surface area contributed by atoms with Crippen LogP contribution in [0.1, 0.15) is 311 Å². The van der Waals surface area contributed by atoms with Crippen molar-refractivity contribution in [1.82, 2.24) is 0 Å². The molecule has 14 fully saturated rings. The number of hydrogen-bond donors (Lipinski definition) is 0. The average molecular weight is 1300 g/mol. The van der Waals surface area contributed by atoms with E-state index in [1.165, 1.54) is 116 Å². The zero-order valence-electron chi connectivity index (χ0n) is 55.3. The van der Waals surface area contributed by atoms with Gasteiger partial charge in [0.2, 0.25) is 0 Å². The maximum atomic E-state index is 12.2. The topological polar surface area (TPSA) is 142 Å².